The van der Waals surface area contributed by atoms with Gasteiger partial charge in [0.25, 0.3) is 0 Å². The number of likely N-dealkylation sites (tertiary alicyclic amines) is 1. The van der Waals surface area contributed by atoms with Crippen molar-refractivity contribution < 1.29 is 19.1 Å². The number of hydrogen-bond donors (Lipinski definition) is 1. The van der Waals surface area contributed by atoms with E-state index in [1.165, 1.54) is 7.11 Å². The number of ether oxygens (including phenoxy) is 2. The number of nitrogens with two attached hydrogens (primary N) is 1. The molecule has 6 nitrogen and oxygen atoms in total. The number of rotatable bonds is 3. The zero-order valence-corrected chi connectivity index (χ0v) is 13.6. The zero-order chi connectivity index (χ0) is 16.0. The van der Waals surface area contributed by atoms with Crippen molar-refractivity contribution in [3.05, 3.63) is 0 Å². The first-order chi connectivity index (χ1) is 9.73. The van der Waals surface area contributed by atoms with Crippen molar-refractivity contribution >= 4 is 12.1 Å². The van der Waals surface area contributed by atoms with E-state index in [1.54, 1.807) is 4.90 Å². The van der Waals surface area contributed by atoms with Crippen LogP contribution in [0.4, 0.5) is 4.79 Å². The highest BCUT2D eigenvalue weighted by atomic mass is 16.6. The number of carbonyl (C=O) groups excluding carboxylic acids is 2. The Morgan fingerprint density at radius 2 is 1.86 bits per heavy atom. The third-order valence-electron chi connectivity index (χ3n) is 3.71. The van der Waals surface area contributed by atoms with E-state index in [4.69, 9.17) is 10.5 Å². The van der Waals surface area contributed by atoms with Gasteiger partial charge < -0.3 is 20.1 Å². The number of nitrogens with zero attached hydrogens (tertiary/aromatic N) is 1. The second kappa shape index (κ2) is 7.64. The molecule has 1 aliphatic rings. The first-order valence-electron chi connectivity index (χ1n) is 7.53. The fourth-order valence-electron chi connectivity index (χ4n) is 2.46. The lowest BCUT2D eigenvalue weighted by Gasteiger charge is -2.26. The lowest BCUT2D eigenvalue weighted by Crippen LogP contribution is -2.37. The Labute approximate surface area is 126 Å². The monoisotopic (exact) mass is 300 g/mol. The first kappa shape index (κ1) is 17.8. The van der Waals surface area contributed by atoms with Gasteiger partial charge >= 0.3 is 12.1 Å². The van der Waals surface area contributed by atoms with Crippen LogP contribution in [0.3, 0.4) is 0 Å². The maximum atomic E-state index is 12.1. The molecule has 0 saturated carbocycles. The maximum absolute atomic E-state index is 12.1. The van der Waals surface area contributed by atoms with Crippen LogP contribution in [0, 0.1) is 5.92 Å². The number of esters is 1. The maximum Gasteiger partial charge on any atom is 0.410 e. The Hall–Kier alpha value is -1.30. The van der Waals surface area contributed by atoms with Gasteiger partial charge in [-0.2, -0.15) is 0 Å². The third-order valence-corrected chi connectivity index (χ3v) is 3.71. The van der Waals surface area contributed by atoms with Gasteiger partial charge in [-0.15, -0.1) is 0 Å². The molecule has 0 spiro atoms. The van der Waals surface area contributed by atoms with Crippen LogP contribution < -0.4 is 5.73 Å². The van der Waals surface area contributed by atoms with Crippen molar-refractivity contribution in [2.75, 3.05) is 20.2 Å². The fraction of sp³-hybridized carbons (Fsp3) is 0.867. The molecule has 1 heterocycles. The lowest BCUT2D eigenvalue weighted by molar-refractivity contribution is -0.141. The quantitative estimate of drug-likeness (QED) is 0.805. The standard InChI is InChI=1S/C15H28N2O4/c1-15(2,3)21-14(19)17-9-7-11(12(16)8-10-17)5-6-13(18)20-4/h11-12H,5-10,16H2,1-4H3. The summed E-state index contributed by atoms with van der Waals surface area (Å²) in [5.41, 5.74) is 5.68. The van der Waals surface area contributed by atoms with Gasteiger partial charge in [0.2, 0.25) is 0 Å². The summed E-state index contributed by atoms with van der Waals surface area (Å²) in [5.74, 6) is 0.0204. The van der Waals surface area contributed by atoms with E-state index in [1.807, 2.05) is 20.8 Å². The molecule has 0 radical (unpaired) electrons. The van der Waals surface area contributed by atoms with E-state index in [-0.39, 0.29) is 24.0 Å². The summed E-state index contributed by atoms with van der Waals surface area (Å²) in [6, 6.07) is 0.00194. The summed E-state index contributed by atoms with van der Waals surface area (Å²) in [4.78, 5) is 25.0. The summed E-state index contributed by atoms with van der Waals surface area (Å²) in [6.45, 7) is 6.79. The molecular weight excluding hydrogens is 272 g/mol. The van der Waals surface area contributed by atoms with E-state index >= 15 is 0 Å². The molecule has 0 bridgehead atoms. The average Bonchev–Trinajstić information content (AvgIpc) is 2.56. The van der Waals surface area contributed by atoms with Crippen LogP contribution in [0.15, 0.2) is 0 Å². The lowest BCUT2D eigenvalue weighted by atomic mass is 9.91. The van der Waals surface area contributed by atoms with E-state index < -0.39 is 5.60 Å². The minimum absolute atomic E-state index is 0.00194. The summed E-state index contributed by atoms with van der Waals surface area (Å²) in [7, 11) is 1.39. The SMILES string of the molecule is COC(=O)CCC1CCN(C(=O)OC(C)(C)C)CCC1N. The van der Waals surface area contributed by atoms with Gasteiger partial charge in [0.1, 0.15) is 5.60 Å². The van der Waals surface area contributed by atoms with E-state index in [0.717, 1.165) is 12.8 Å². The van der Waals surface area contributed by atoms with Crippen molar-refractivity contribution in [3.8, 4) is 0 Å². The predicted molar refractivity (Wildman–Crippen MR) is 79.8 cm³/mol. The highest BCUT2D eigenvalue weighted by molar-refractivity contribution is 5.69. The van der Waals surface area contributed by atoms with Crippen LogP contribution in [0.5, 0.6) is 0 Å². The van der Waals surface area contributed by atoms with Crippen molar-refractivity contribution in [2.24, 2.45) is 11.7 Å². The van der Waals surface area contributed by atoms with Gasteiger partial charge in [0.15, 0.2) is 0 Å². The molecule has 21 heavy (non-hydrogen) atoms. The molecule has 2 N–H and O–H groups in total. The van der Waals surface area contributed by atoms with Gasteiger partial charge in [-0.05, 0) is 46.0 Å². The Morgan fingerprint density at radius 1 is 1.24 bits per heavy atom. The van der Waals surface area contributed by atoms with Crippen molar-refractivity contribution in [2.45, 2.75) is 58.1 Å². The zero-order valence-electron chi connectivity index (χ0n) is 13.6. The summed E-state index contributed by atoms with van der Waals surface area (Å²) < 4.78 is 10.0. The second-order valence-corrected chi connectivity index (χ2v) is 6.58. The Morgan fingerprint density at radius 3 is 2.43 bits per heavy atom. The fourth-order valence-corrected chi connectivity index (χ4v) is 2.46. The van der Waals surface area contributed by atoms with Crippen molar-refractivity contribution in [3.63, 3.8) is 0 Å². The van der Waals surface area contributed by atoms with Gasteiger partial charge in [-0.1, -0.05) is 0 Å². The van der Waals surface area contributed by atoms with Crippen LogP contribution >= 0.6 is 0 Å². The number of methoxy groups -OCH3 is 1. The topological polar surface area (TPSA) is 81.9 Å². The van der Waals surface area contributed by atoms with Gasteiger partial charge in [0.05, 0.1) is 7.11 Å². The molecule has 6 heteroatoms. The Kier molecular flexibility index (Phi) is 6.45. The van der Waals surface area contributed by atoms with Crippen molar-refractivity contribution in [1.29, 1.82) is 0 Å². The van der Waals surface area contributed by atoms with Crippen molar-refractivity contribution in [1.82, 2.24) is 4.90 Å². The van der Waals surface area contributed by atoms with Crippen LogP contribution in [-0.2, 0) is 14.3 Å². The number of amides is 1. The molecule has 0 aromatic rings. The minimum atomic E-state index is -0.490. The molecule has 1 fully saturated rings. The molecule has 1 rings (SSSR count). The minimum Gasteiger partial charge on any atom is -0.469 e. The Bertz CT molecular complexity index is 365. The second-order valence-electron chi connectivity index (χ2n) is 6.58. The molecule has 1 aliphatic heterocycles. The Balaban J connectivity index is 2.51. The molecule has 1 saturated heterocycles. The summed E-state index contributed by atoms with van der Waals surface area (Å²) >= 11 is 0. The van der Waals surface area contributed by atoms with Crippen LogP contribution in [0.1, 0.15) is 46.5 Å². The average molecular weight is 300 g/mol. The molecule has 0 aliphatic carbocycles. The number of hydrogen-bond acceptors (Lipinski definition) is 5. The third kappa shape index (κ3) is 6.33. The normalized spacial score (nSPS) is 23.4. The van der Waals surface area contributed by atoms with Crippen LogP contribution in [0.2, 0.25) is 0 Å². The molecule has 2 atom stereocenters. The number of carbonyl (C=O) groups is 2. The highest BCUT2D eigenvalue weighted by Gasteiger charge is 2.28. The van der Waals surface area contributed by atoms with Crippen LogP contribution in [0.25, 0.3) is 0 Å². The smallest absolute Gasteiger partial charge is 0.410 e. The first-order valence-corrected chi connectivity index (χ1v) is 7.53. The molecule has 0 aromatic carbocycles. The predicted octanol–water partition coefficient (Wildman–Crippen LogP) is 1.91. The van der Waals surface area contributed by atoms with E-state index in [9.17, 15) is 9.59 Å². The molecule has 1 amide bonds. The highest BCUT2D eigenvalue weighted by Crippen LogP contribution is 2.23. The van der Waals surface area contributed by atoms with Gasteiger partial charge in [-0.3, -0.25) is 4.79 Å². The largest absolute Gasteiger partial charge is 0.469 e. The van der Waals surface area contributed by atoms with E-state index in [0.29, 0.717) is 25.9 Å². The molecule has 122 valence electrons. The van der Waals surface area contributed by atoms with Gasteiger partial charge in [0, 0.05) is 25.6 Å². The molecular formula is C15H28N2O4. The molecule has 2 unspecified atom stereocenters. The van der Waals surface area contributed by atoms with E-state index in [2.05, 4.69) is 4.74 Å². The van der Waals surface area contributed by atoms with Gasteiger partial charge in [-0.25, -0.2) is 4.79 Å². The summed E-state index contributed by atoms with van der Waals surface area (Å²) in [6.07, 6.45) is 2.31. The van der Waals surface area contributed by atoms with Crippen LogP contribution in [-0.4, -0.2) is 48.8 Å². The summed E-state index contributed by atoms with van der Waals surface area (Å²) in [5, 5.41) is 0. The molecule has 0 aromatic heterocycles.